The molecule has 178 valence electrons. The molecule has 0 radical (unpaired) electrons. The molecule has 3 rings (SSSR count). The van der Waals surface area contributed by atoms with E-state index in [4.69, 9.17) is 16.7 Å². The van der Waals surface area contributed by atoms with E-state index in [2.05, 4.69) is 23.8 Å². The molecular formula is C21H21ClF3N3O3S2. The molecule has 0 bridgehead atoms. The third kappa shape index (κ3) is 5.65. The number of aliphatic hydroxyl groups excluding tert-OH is 1. The van der Waals surface area contributed by atoms with Crippen LogP contribution in [0.5, 0.6) is 0 Å². The molecule has 0 saturated carbocycles. The molecule has 0 fully saturated rings. The number of pyridine rings is 1. The molecule has 0 saturated heterocycles. The van der Waals surface area contributed by atoms with Crippen molar-refractivity contribution in [3.05, 3.63) is 52.6 Å². The monoisotopic (exact) mass is 519 g/mol. The first-order valence-corrected chi connectivity index (χ1v) is 12.5. The summed E-state index contributed by atoms with van der Waals surface area (Å²) in [5.74, 6) is 0.448. The van der Waals surface area contributed by atoms with Gasteiger partial charge in [0.1, 0.15) is 5.01 Å². The fourth-order valence-electron chi connectivity index (χ4n) is 3.14. The van der Waals surface area contributed by atoms with Crippen molar-refractivity contribution in [1.82, 2.24) is 9.97 Å². The van der Waals surface area contributed by atoms with E-state index in [9.17, 15) is 21.6 Å². The van der Waals surface area contributed by atoms with Crippen molar-refractivity contribution in [2.75, 3.05) is 17.5 Å². The van der Waals surface area contributed by atoms with Crippen LogP contribution in [-0.4, -0.2) is 42.2 Å². The van der Waals surface area contributed by atoms with Gasteiger partial charge in [0.05, 0.1) is 29.6 Å². The van der Waals surface area contributed by atoms with Crippen LogP contribution < -0.4 is 4.31 Å². The molecule has 33 heavy (non-hydrogen) atoms. The van der Waals surface area contributed by atoms with Gasteiger partial charge in [-0.15, -0.1) is 11.3 Å². The predicted octanol–water partition coefficient (Wildman–Crippen LogP) is 5.37. The molecule has 12 heteroatoms. The Balaban J connectivity index is 1.93. The first-order valence-electron chi connectivity index (χ1n) is 9.84. The van der Waals surface area contributed by atoms with Gasteiger partial charge >= 0.3 is 15.5 Å². The van der Waals surface area contributed by atoms with Crippen molar-refractivity contribution >= 4 is 38.6 Å². The summed E-state index contributed by atoms with van der Waals surface area (Å²) in [5.41, 5.74) is -3.06. The number of nitrogens with zero attached hydrogens (tertiary/aromatic N) is 3. The maximum absolute atomic E-state index is 13.0. The average Bonchev–Trinajstić information content (AvgIpc) is 3.20. The zero-order valence-corrected chi connectivity index (χ0v) is 20.1. The number of sulfonamides is 1. The summed E-state index contributed by atoms with van der Waals surface area (Å²) in [5, 5.41) is 11.6. The topological polar surface area (TPSA) is 83.4 Å². The number of aromatic nitrogens is 2. The Bertz CT molecular complexity index is 1230. The lowest BCUT2D eigenvalue weighted by Gasteiger charge is -2.25. The van der Waals surface area contributed by atoms with Crippen LogP contribution in [0.2, 0.25) is 5.02 Å². The van der Waals surface area contributed by atoms with Crippen LogP contribution >= 0.6 is 22.9 Å². The number of aliphatic hydroxyl groups is 1. The minimum atomic E-state index is -5.70. The Labute approximate surface area is 198 Å². The molecule has 0 spiro atoms. The number of thiazole rings is 1. The van der Waals surface area contributed by atoms with Gasteiger partial charge in [-0.05, 0) is 42.7 Å². The first-order chi connectivity index (χ1) is 15.4. The van der Waals surface area contributed by atoms with Crippen LogP contribution in [0.4, 0.5) is 18.9 Å². The zero-order chi connectivity index (χ0) is 24.4. The third-order valence-corrected chi connectivity index (χ3v) is 7.35. The second kappa shape index (κ2) is 9.96. The number of alkyl halides is 3. The largest absolute Gasteiger partial charge is 0.516 e. The lowest BCUT2D eigenvalue weighted by atomic mass is 10.1. The van der Waals surface area contributed by atoms with Gasteiger partial charge in [-0.3, -0.25) is 9.29 Å². The smallest absolute Gasteiger partial charge is 0.394 e. The number of halogens is 4. The summed E-state index contributed by atoms with van der Waals surface area (Å²) in [7, 11) is -5.70. The molecule has 2 aromatic heterocycles. The van der Waals surface area contributed by atoms with E-state index in [1.54, 1.807) is 11.6 Å². The molecule has 0 unspecified atom stereocenters. The number of hydrogen-bond donors (Lipinski definition) is 1. The Kier molecular flexibility index (Phi) is 7.67. The molecule has 0 amide bonds. The predicted molar refractivity (Wildman–Crippen MR) is 124 cm³/mol. The molecule has 3 aromatic rings. The van der Waals surface area contributed by atoms with Gasteiger partial charge in [-0.2, -0.15) is 21.6 Å². The highest BCUT2D eigenvalue weighted by molar-refractivity contribution is 7.93. The lowest BCUT2D eigenvalue weighted by Crippen LogP contribution is -2.42. The summed E-state index contributed by atoms with van der Waals surface area (Å²) in [6.45, 7) is 2.64. The van der Waals surface area contributed by atoms with Gasteiger partial charge in [0, 0.05) is 28.4 Å². The number of benzene rings is 1. The number of anilines is 1. The van der Waals surface area contributed by atoms with Crippen molar-refractivity contribution in [2.24, 2.45) is 5.92 Å². The first kappa shape index (κ1) is 25.4. The van der Waals surface area contributed by atoms with Crippen LogP contribution in [-0.2, 0) is 16.4 Å². The molecule has 2 heterocycles. The van der Waals surface area contributed by atoms with E-state index in [0.29, 0.717) is 17.2 Å². The fraction of sp³-hybridized carbons (Fsp3) is 0.333. The van der Waals surface area contributed by atoms with Crippen LogP contribution in [0.3, 0.4) is 0 Å². The Morgan fingerprint density at radius 3 is 2.55 bits per heavy atom. The van der Waals surface area contributed by atoms with Crippen molar-refractivity contribution in [2.45, 2.75) is 25.8 Å². The standard InChI is InChI=1S/C21H21ClF3N3O3S2/c1-13(2)9-15-10-14(5-6-26-15)20-27-19(12-32-20)17-4-3-16(11-18(17)22)28(7-8-29)33(30,31)21(23,24)25/h3-6,10-13,29H,7-9H2,1-2H3. The van der Waals surface area contributed by atoms with Gasteiger partial charge in [0.2, 0.25) is 0 Å². The van der Waals surface area contributed by atoms with Gasteiger partial charge in [0.25, 0.3) is 0 Å². The zero-order valence-electron chi connectivity index (χ0n) is 17.7. The molecule has 1 N–H and O–H groups in total. The van der Waals surface area contributed by atoms with Crippen LogP contribution in [0.1, 0.15) is 19.5 Å². The molecule has 0 aliphatic heterocycles. The van der Waals surface area contributed by atoms with E-state index >= 15 is 0 Å². The minimum absolute atomic E-state index is 0.0277. The molecule has 0 aliphatic rings. The van der Waals surface area contributed by atoms with E-state index in [-0.39, 0.29) is 15.0 Å². The highest BCUT2D eigenvalue weighted by Gasteiger charge is 2.50. The Morgan fingerprint density at radius 1 is 1.21 bits per heavy atom. The van der Waals surface area contributed by atoms with E-state index in [0.717, 1.165) is 28.8 Å². The van der Waals surface area contributed by atoms with Crippen molar-refractivity contribution in [3.63, 3.8) is 0 Å². The number of hydrogen-bond acceptors (Lipinski definition) is 6. The minimum Gasteiger partial charge on any atom is -0.394 e. The maximum Gasteiger partial charge on any atom is 0.516 e. The fourth-order valence-corrected chi connectivity index (χ4v) is 5.19. The Hall–Kier alpha value is -2.21. The summed E-state index contributed by atoms with van der Waals surface area (Å²) in [6, 6.07) is 7.52. The second-order valence-corrected chi connectivity index (χ2v) is 10.7. The van der Waals surface area contributed by atoms with E-state index in [1.165, 1.54) is 23.5 Å². The molecular weight excluding hydrogens is 499 g/mol. The normalized spacial score (nSPS) is 12.4. The quantitative estimate of drug-likeness (QED) is 0.432. The molecule has 1 aromatic carbocycles. The average molecular weight is 520 g/mol. The maximum atomic E-state index is 13.0. The van der Waals surface area contributed by atoms with Gasteiger partial charge in [-0.25, -0.2) is 4.98 Å². The highest BCUT2D eigenvalue weighted by atomic mass is 35.5. The summed E-state index contributed by atoms with van der Waals surface area (Å²) >= 11 is 7.67. The van der Waals surface area contributed by atoms with Crippen LogP contribution in [0, 0.1) is 5.92 Å². The summed E-state index contributed by atoms with van der Waals surface area (Å²) in [6.07, 6.45) is 2.54. The second-order valence-electron chi connectivity index (χ2n) is 7.58. The van der Waals surface area contributed by atoms with E-state index < -0.39 is 28.7 Å². The molecule has 0 aliphatic carbocycles. The van der Waals surface area contributed by atoms with Gasteiger partial charge in [-0.1, -0.05) is 25.4 Å². The SMILES string of the molecule is CC(C)Cc1cc(-c2nc(-c3ccc(N(CCO)S(=O)(=O)C(F)(F)F)cc3Cl)cs2)ccn1. The molecule has 0 atom stereocenters. The van der Waals surface area contributed by atoms with Gasteiger partial charge in [0.15, 0.2) is 0 Å². The molecule has 6 nitrogen and oxygen atoms in total. The van der Waals surface area contributed by atoms with Gasteiger partial charge < -0.3 is 5.11 Å². The van der Waals surface area contributed by atoms with Crippen molar-refractivity contribution in [1.29, 1.82) is 0 Å². The van der Waals surface area contributed by atoms with Crippen molar-refractivity contribution < 1.29 is 26.7 Å². The summed E-state index contributed by atoms with van der Waals surface area (Å²) < 4.78 is 63.0. The lowest BCUT2D eigenvalue weighted by molar-refractivity contribution is -0.0438. The summed E-state index contributed by atoms with van der Waals surface area (Å²) in [4.78, 5) is 8.95. The Morgan fingerprint density at radius 2 is 1.94 bits per heavy atom. The van der Waals surface area contributed by atoms with Crippen molar-refractivity contribution in [3.8, 4) is 21.8 Å². The highest BCUT2D eigenvalue weighted by Crippen LogP contribution is 2.37. The number of rotatable bonds is 8. The van der Waals surface area contributed by atoms with E-state index in [1.807, 2.05) is 12.1 Å². The van der Waals surface area contributed by atoms with Crippen LogP contribution in [0.25, 0.3) is 21.8 Å². The third-order valence-electron chi connectivity index (χ3n) is 4.59. The van der Waals surface area contributed by atoms with Crippen LogP contribution in [0.15, 0.2) is 41.9 Å².